The molecular weight excluding hydrogens is 222 g/mol. The van der Waals surface area contributed by atoms with Crippen LogP contribution < -0.4 is 5.32 Å². The lowest BCUT2D eigenvalue weighted by Crippen LogP contribution is -2.45. The molecule has 3 rings (SSSR count). The van der Waals surface area contributed by atoms with E-state index in [2.05, 4.69) is 29.6 Å². The van der Waals surface area contributed by atoms with Gasteiger partial charge in [-0.05, 0) is 36.8 Å². The molecule has 1 fully saturated rings. The molecule has 2 nitrogen and oxygen atoms in total. The fourth-order valence-corrected chi connectivity index (χ4v) is 3.74. The Morgan fingerprint density at radius 1 is 1.17 bits per heavy atom. The van der Waals surface area contributed by atoms with E-state index in [9.17, 15) is 5.11 Å². The number of benzene rings is 1. The second-order valence-corrected chi connectivity index (χ2v) is 6.07. The molecule has 1 aliphatic carbocycles. The summed E-state index contributed by atoms with van der Waals surface area (Å²) in [5.74, 6) is 0.440. The fourth-order valence-electron chi connectivity index (χ4n) is 3.74. The maximum atomic E-state index is 11.0. The summed E-state index contributed by atoms with van der Waals surface area (Å²) in [7, 11) is 0. The number of fused-ring (bicyclic) bond motifs is 1. The summed E-state index contributed by atoms with van der Waals surface area (Å²) in [5.41, 5.74) is 2.03. The van der Waals surface area contributed by atoms with Crippen LogP contribution in [0.2, 0.25) is 0 Å². The lowest BCUT2D eigenvalue weighted by molar-refractivity contribution is -0.0465. The minimum absolute atomic E-state index is 0.108. The first-order valence-electron chi connectivity index (χ1n) is 7.23. The summed E-state index contributed by atoms with van der Waals surface area (Å²) < 4.78 is 0. The summed E-state index contributed by atoms with van der Waals surface area (Å²) in [6, 6.07) is 8.60. The van der Waals surface area contributed by atoms with Gasteiger partial charge >= 0.3 is 0 Å². The molecule has 2 aliphatic rings. The van der Waals surface area contributed by atoms with Crippen molar-refractivity contribution < 1.29 is 5.11 Å². The van der Waals surface area contributed by atoms with E-state index in [1.165, 1.54) is 43.2 Å². The molecule has 2 heteroatoms. The first kappa shape index (κ1) is 12.2. The standard InChI is InChI=1S/C16H23NO/c1-16(18,13-8-3-2-4-9-13)15-14-10-6-5-7-12(14)11-17-15/h5-7,10,13,15,17-18H,2-4,8-9,11H2,1H3. The molecule has 2 N–H and O–H groups in total. The lowest BCUT2D eigenvalue weighted by Gasteiger charge is -2.40. The highest BCUT2D eigenvalue weighted by Crippen LogP contribution is 2.42. The van der Waals surface area contributed by atoms with E-state index in [4.69, 9.17) is 0 Å². The van der Waals surface area contributed by atoms with Gasteiger partial charge in [0.25, 0.3) is 0 Å². The largest absolute Gasteiger partial charge is 0.388 e. The predicted octanol–water partition coefficient (Wildman–Crippen LogP) is 3.16. The zero-order chi connectivity index (χ0) is 12.6. The van der Waals surface area contributed by atoms with Gasteiger partial charge in [-0.25, -0.2) is 0 Å². The van der Waals surface area contributed by atoms with Crippen LogP contribution >= 0.6 is 0 Å². The van der Waals surface area contributed by atoms with E-state index in [-0.39, 0.29) is 6.04 Å². The highest BCUT2D eigenvalue weighted by Gasteiger charge is 2.43. The highest BCUT2D eigenvalue weighted by atomic mass is 16.3. The summed E-state index contributed by atoms with van der Waals surface area (Å²) in [6.45, 7) is 2.92. The minimum atomic E-state index is -0.618. The van der Waals surface area contributed by atoms with Gasteiger partial charge in [-0.1, -0.05) is 43.5 Å². The van der Waals surface area contributed by atoms with Crippen LogP contribution in [0.25, 0.3) is 0 Å². The van der Waals surface area contributed by atoms with E-state index in [0.717, 1.165) is 6.54 Å². The molecule has 1 aromatic carbocycles. The van der Waals surface area contributed by atoms with Crippen molar-refractivity contribution in [2.24, 2.45) is 5.92 Å². The molecule has 18 heavy (non-hydrogen) atoms. The SMILES string of the molecule is CC(O)(C1CCCCC1)C1NCc2ccccc21. The van der Waals surface area contributed by atoms with E-state index < -0.39 is 5.60 Å². The molecule has 0 bridgehead atoms. The van der Waals surface area contributed by atoms with Gasteiger partial charge in [0, 0.05) is 6.54 Å². The molecule has 0 aromatic heterocycles. The summed E-state index contributed by atoms with van der Waals surface area (Å²) in [6.07, 6.45) is 6.23. The summed E-state index contributed by atoms with van der Waals surface area (Å²) in [4.78, 5) is 0. The van der Waals surface area contributed by atoms with Gasteiger partial charge in [0.1, 0.15) is 0 Å². The third-order valence-electron chi connectivity index (χ3n) is 4.88. The minimum Gasteiger partial charge on any atom is -0.388 e. The average Bonchev–Trinajstić information content (AvgIpc) is 2.84. The molecule has 1 aromatic rings. The normalized spacial score (nSPS) is 27.8. The Morgan fingerprint density at radius 2 is 1.89 bits per heavy atom. The fraction of sp³-hybridized carbons (Fsp3) is 0.625. The molecule has 98 valence electrons. The molecule has 1 heterocycles. The van der Waals surface area contributed by atoms with Crippen molar-refractivity contribution in [3.05, 3.63) is 35.4 Å². The summed E-state index contributed by atoms with van der Waals surface area (Å²) >= 11 is 0. The molecule has 2 unspecified atom stereocenters. The van der Waals surface area contributed by atoms with Gasteiger partial charge in [-0.2, -0.15) is 0 Å². The summed E-state index contributed by atoms with van der Waals surface area (Å²) in [5, 5.41) is 14.5. The molecule has 0 spiro atoms. The molecular formula is C16H23NO. The van der Waals surface area contributed by atoms with Gasteiger partial charge in [-0.3, -0.25) is 0 Å². The monoisotopic (exact) mass is 245 g/mol. The van der Waals surface area contributed by atoms with Crippen molar-refractivity contribution in [1.29, 1.82) is 0 Å². The predicted molar refractivity (Wildman–Crippen MR) is 73.2 cm³/mol. The molecule has 0 amide bonds. The van der Waals surface area contributed by atoms with Crippen molar-refractivity contribution in [2.75, 3.05) is 0 Å². The zero-order valence-electron chi connectivity index (χ0n) is 11.2. The van der Waals surface area contributed by atoms with Crippen LogP contribution in [0.4, 0.5) is 0 Å². The number of hydrogen-bond acceptors (Lipinski definition) is 2. The van der Waals surface area contributed by atoms with Crippen LogP contribution in [0, 0.1) is 5.92 Å². The van der Waals surface area contributed by atoms with Crippen LogP contribution in [-0.4, -0.2) is 10.7 Å². The highest BCUT2D eigenvalue weighted by molar-refractivity contribution is 5.35. The van der Waals surface area contributed by atoms with Crippen LogP contribution in [-0.2, 0) is 6.54 Å². The van der Waals surface area contributed by atoms with Crippen molar-refractivity contribution >= 4 is 0 Å². The molecule has 1 saturated carbocycles. The Morgan fingerprint density at radius 3 is 2.67 bits per heavy atom. The Bertz CT molecular complexity index is 421. The van der Waals surface area contributed by atoms with E-state index in [0.29, 0.717) is 5.92 Å². The van der Waals surface area contributed by atoms with E-state index >= 15 is 0 Å². The van der Waals surface area contributed by atoms with Gasteiger partial charge in [0.2, 0.25) is 0 Å². The second kappa shape index (κ2) is 4.67. The smallest absolute Gasteiger partial charge is 0.0841 e. The van der Waals surface area contributed by atoms with Crippen molar-refractivity contribution in [3.8, 4) is 0 Å². The Labute approximate surface area is 109 Å². The molecule has 2 atom stereocenters. The quantitative estimate of drug-likeness (QED) is 0.839. The third-order valence-corrected chi connectivity index (χ3v) is 4.88. The number of rotatable bonds is 2. The van der Waals surface area contributed by atoms with Crippen LogP contribution in [0.1, 0.15) is 56.2 Å². The topological polar surface area (TPSA) is 32.3 Å². The Balaban J connectivity index is 1.86. The number of hydrogen-bond donors (Lipinski definition) is 2. The number of nitrogens with one attached hydrogen (secondary N) is 1. The maximum Gasteiger partial charge on any atom is 0.0841 e. The Kier molecular flexibility index (Phi) is 3.16. The van der Waals surface area contributed by atoms with Crippen molar-refractivity contribution in [3.63, 3.8) is 0 Å². The second-order valence-electron chi connectivity index (χ2n) is 6.07. The van der Waals surface area contributed by atoms with E-state index in [1.807, 2.05) is 6.92 Å². The Hall–Kier alpha value is -0.860. The molecule has 1 aliphatic heterocycles. The zero-order valence-corrected chi connectivity index (χ0v) is 11.2. The molecule has 0 saturated heterocycles. The first-order valence-corrected chi connectivity index (χ1v) is 7.23. The van der Waals surface area contributed by atoms with Gasteiger partial charge in [0.05, 0.1) is 11.6 Å². The van der Waals surface area contributed by atoms with Crippen LogP contribution in [0.15, 0.2) is 24.3 Å². The van der Waals surface area contributed by atoms with Gasteiger partial charge in [-0.15, -0.1) is 0 Å². The first-order chi connectivity index (χ1) is 8.69. The third kappa shape index (κ3) is 1.98. The van der Waals surface area contributed by atoms with Crippen LogP contribution in [0.5, 0.6) is 0 Å². The van der Waals surface area contributed by atoms with Crippen molar-refractivity contribution in [2.45, 2.75) is 57.2 Å². The molecule has 0 radical (unpaired) electrons. The van der Waals surface area contributed by atoms with Crippen LogP contribution in [0.3, 0.4) is 0 Å². The number of aliphatic hydroxyl groups is 1. The maximum absolute atomic E-state index is 11.0. The van der Waals surface area contributed by atoms with E-state index in [1.54, 1.807) is 0 Å². The average molecular weight is 245 g/mol. The van der Waals surface area contributed by atoms with Gasteiger partial charge < -0.3 is 10.4 Å². The van der Waals surface area contributed by atoms with Gasteiger partial charge in [0.15, 0.2) is 0 Å². The van der Waals surface area contributed by atoms with Crippen molar-refractivity contribution in [1.82, 2.24) is 5.32 Å². The lowest BCUT2D eigenvalue weighted by atomic mass is 9.73.